The van der Waals surface area contributed by atoms with Crippen molar-refractivity contribution in [3.05, 3.63) is 101 Å². The van der Waals surface area contributed by atoms with Crippen LogP contribution in [0.5, 0.6) is 0 Å². The molecule has 0 amide bonds. The third-order valence-corrected chi connectivity index (χ3v) is 6.84. The zero-order chi connectivity index (χ0) is 21.5. The standard InChI is InChI=1S/C25H26N2O2S/c1-18-14-16-20(17-15-18)30(28,29)27-23(19-10-6-5-7-11-19)21-12-8-9-13-22(21)24(27)26-25(2,3)4/h5-17,23H,1-4H3. The first kappa shape index (κ1) is 20.4. The van der Waals surface area contributed by atoms with Crippen LogP contribution in [0.15, 0.2) is 88.8 Å². The summed E-state index contributed by atoms with van der Waals surface area (Å²) in [6, 6.07) is 24.1. The van der Waals surface area contributed by atoms with Crippen LogP contribution in [0.4, 0.5) is 0 Å². The van der Waals surface area contributed by atoms with Crippen molar-refractivity contribution >= 4 is 15.9 Å². The molecule has 4 nitrogen and oxygen atoms in total. The van der Waals surface area contributed by atoms with Gasteiger partial charge in [-0.25, -0.2) is 12.7 Å². The van der Waals surface area contributed by atoms with Crippen molar-refractivity contribution < 1.29 is 8.42 Å². The van der Waals surface area contributed by atoms with Crippen LogP contribution in [-0.2, 0) is 10.0 Å². The number of hydrogen-bond donors (Lipinski definition) is 0. The van der Waals surface area contributed by atoms with E-state index in [1.807, 2.05) is 94.4 Å². The highest BCUT2D eigenvalue weighted by atomic mass is 32.2. The summed E-state index contributed by atoms with van der Waals surface area (Å²) in [6.07, 6.45) is 0. The molecule has 1 heterocycles. The Kier molecular flexibility index (Phi) is 5.02. The fourth-order valence-corrected chi connectivity index (χ4v) is 5.35. The third kappa shape index (κ3) is 3.65. The Morgan fingerprint density at radius 2 is 1.43 bits per heavy atom. The van der Waals surface area contributed by atoms with Crippen LogP contribution in [-0.4, -0.2) is 24.1 Å². The van der Waals surface area contributed by atoms with E-state index < -0.39 is 21.6 Å². The molecule has 0 fully saturated rings. The summed E-state index contributed by atoms with van der Waals surface area (Å²) >= 11 is 0. The molecule has 30 heavy (non-hydrogen) atoms. The lowest BCUT2D eigenvalue weighted by atomic mass is 9.98. The van der Waals surface area contributed by atoms with Gasteiger partial charge in [0, 0.05) is 5.56 Å². The number of aliphatic imine (C=N–C) groups is 1. The quantitative estimate of drug-likeness (QED) is 0.577. The third-order valence-electron chi connectivity index (χ3n) is 5.07. The van der Waals surface area contributed by atoms with Gasteiger partial charge in [0.15, 0.2) is 0 Å². The number of rotatable bonds is 3. The topological polar surface area (TPSA) is 49.7 Å². The highest BCUT2D eigenvalue weighted by molar-refractivity contribution is 7.89. The Bertz CT molecular complexity index is 1190. The molecule has 3 aromatic rings. The van der Waals surface area contributed by atoms with Gasteiger partial charge >= 0.3 is 0 Å². The monoisotopic (exact) mass is 418 g/mol. The van der Waals surface area contributed by atoms with Gasteiger partial charge in [0.1, 0.15) is 5.84 Å². The maximum Gasteiger partial charge on any atom is 0.266 e. The van der Waals surface area contributed by atoms with Crippen molar-refractivity contribution in [2.75, 3.05) is 0 Å². The minimum atomic E-state index is -3.84. The molecule has 1 atom stereocenters. The summed E-state index contributed by atoms with van der Waals surface area (Å²) in [5.41, 5.74) is 3.30. The molecule has 0 radical (unpaired) electrons. The normalized spacial score (nSPS) is 17.9. The van der Waals surface area contributed by atoms with Gasteiger partial charge in [-0.05, 0) is 51.0 Å². The predicted octanol–water partition coefficient (Wildman–Crippen LogP) is 5.33. The zero-order valence-corrected chi connectivity index (χ0v) is 18.5. The van der Waals surface area contributed by atoms with E-state index in [4.69, 9.17) is 4.99 Å². The van der Waals surface area contributed by atoms with Crippen LogP contribution in [0.25, 0.3) is 0 Å². The molecule has 0 bridgehead atoms. The summed E-state index contributed by atoms with van der Waals surface area (Å²) in [7, 11) is -3.84. The summed E-state index contributed by atoms with van der Waals surface area (Å²) in [4.78, 5) is 5.15. The van der Waals surface area contributed by atoms with Crippen molar-refractivity contribution in [2.24, 2.45) is 4.99 Å². The molecule has 0 aromatic heterocycles. The largest absolute Gasteiger partial charge is 0.266 e. The van der Waals surface area contributed by atoms with Gasteiger partial charge in [-0.2, -0.15) is 0 Å². The minimum Gasteiger partial charge on any atom is -0.261 e. The molecule has 5 heteroatoms. The first-order valence-electron chi connectivity index (χ1n) is 10.0. The van der Waals surface area contributed by atoms with Crippen molar-refractivity contribution in [3.63, 3.8) is 0 Å². The average Bonchev–Trinajstić information content (AvgIpc) is 3.02. The van der Waals surface area contributed by atoms with E-state index in [-0.39, 0.29) is 4.90 Å². The molecule has 0 saturated heterocycles. The van der Waals surface area contributed by atoms with E-state index in [9.17, 15) is 8.42 Å². The fourth-order valence-electron chi connectivity index (χ4n) is 3.76. The van der Waals surface area contributed by atoms with E-state index in [0.29, 0.717) is 5.84 Å². The molecule has 1 unspecified atom stereocenters. The minimum absolute atomic E-state index is 0.267. The Morgan fingerprint density at radius 3 is 2.07 bits per heavy atom. The molecular weight excluding hydrogens is 392 g/mol. The van der Waals surface area contributed by atoms with Crippen LogP contribution in [0.3, 0.4) is 0 Å². The van der Waals surface area contributed by atoms with E-state index in [1.54, 1.807) is 12.1 Å². The Hall–Kier alpha value is -2.92. The molecule has 154 valence electrons. The molecule has 3 aromatic carbocycles. The van der Waals surface area contributed by atoms with Crippen molar-refractivity contribution in [1.82, 2.24) is 4.31 Å². The van der Waals surface area contributed by atoms with Gasteiger partial charge in [0.25, 0.3) is 10.0 Å². The summed E-state index contributed by atoms with van der Waals surface area (Å²) in [6.45, 7) is 7.89. The molecule has 0 saturated carbocycles. The van der Waals surface area contributed by atoms with E-state index in [0.717, 1.165) is 22.3 Å². The van der Waals surface area contributed by atoms with Gasteiger partial charge in [-0.1, -0.05) is 72.3 Å². The molecule has 1 aliphatic rings. The number of sulfonamides is 1. The Labute approximate surface area is 179 Å². The van der Waals surface area contributed by atoms with E-state index >= 15 is 0 Å². The average molecular weight is 419 g/mol. The second kappa shape index (κ2) is 7.40. The smallest absolute Gasteiger partial charge is 0.261 e. The Balaban J connectivity index is 2.00. The molecule has 0 aliphatic carbocycles. The maximum atomic E-state index is 13.9. The summed E-state index contributed by atoms with van der Waals surface area (Å²) in [5, 5.41) is 0. The summed E-state index contributed by atoms with van der Waals surface area (Å²) in [5.74, 6) is 0.493. The van der Waals surface area contributed by atoms with Crippen LogP contribution < -0.4 is 0 Å². The number of hydrogen-bond acceptors (Lipinski definition) is 3. The fraction of sp³-hybridized carbons (Fsp3) is 0.240. The number of nitrogens with zero attached hydrogens (tertiary/aromatic N) is 2. The second-order valence-electron chi connectivity index (χ2n) is 8.62. The van der Waals surface area contributed by atoms with Gasteiger partial charge in [0.2, 0.25) is 0 Å². The lowest BCUT2D eigenvalue weighted by Crippen LogP contribution is -2.37. The van der Waals surface area contributed by atoms with Crippen LogP contribution in [0.1, 0.15) is 49.1 Å². The van der Waals surface area contributed by atoms with Gasteiger partial charge in [-0.15, -0.1) is 0 Å². The molecule has 0 spiro atoms. The lowest BCUT2D eigenvalue weighted by Gasteiger charge is -2.28. The van der Waals surface area contributed by atoms with Crippen LogP contribution in [0.2, 0.25) is 0 Å². The SMILES string of the molecule is Cc1ccc(S(=O)(=O)N2C(=NC(C)(C)C)c3ccccc3C2c2ccccc2)cc1. The first-order chi connectivity index (χ1) is 14.2. The van der Waals surface area contributed by atoms with Gasteiger partial charge in [-0.3, -0.25) is 4.99 Å². The number of amidine groups is 1. The van der Waals surface area contributed by atoms with E-state index in [1.165, 1.54) is 4.31 Å². The van der Waals surface area contributed by atoms with E-state index in [2.05, 4.69) is 0 Å². The highest BCUT2D eigenvalue weighted by Gasteiger charge is 2.44. The van der Waals surface area contributed by atoms with Gasteiger partial charge in [0.05, 0.1) is 16.5 Å². The lowest BCUT2D eigenvalue weighted by molar-refractivity contribution is 0.484. The van der Waals surface area contributed by atoms with Crippen molar-refractivity contribution in [1.29, 1.82) is 0 Å². The maximum absolute atomic E-state index is 13.9. The number of fused-ring (bicyclic) bond motifs is 1. The number of benzene rings is 3. The second-order valence-corrected chi connectivity index (χ2v) is 10.4. The zero-order valence-electron chi connectivity index (χ0n) is 17.7. The predicted molar refractivity (Wildman–Crippen MR) is 121 cm³/mol. The molecule has 1 aliphatic heterocycles. The van der Waals surface area contributed by atoms with Crippen molar-refractivity contribution in [3.8, 4) is 0 Å². The number of aryl methyl sites for hydroxylation is 1. The van der Waals surface area contributed by atoms with Crippen LogP contribution in [0, 0.1) is 6.92 Å². The summed E-state index contributed by atoms with van der Waals surface area (Å²) < 4.78 is 29.4. The first-order valence-corrected chi connectivity index (χ1v) is 11.5. The molecule has 0 N–H and O–H groups in total. The highest BCUT2D eigenvalue weighted by Crippen LogP contribution is 2.42. The van der Waals surface area contributed by atoms with Crippen molar-refractivity contribution in [2.45, 2.75) is 44.2 Å². The van der Waals surface area contributed by atoms with Gasteiger partial charge < -0.3 is 0 Å². The van der Waals surface area contributed by atoms with Crippen LogP contribution >= 0.6 is 0 Å². The molecule has 4 rings (SSSR count). The Morgan fingerprint density at radius 1 is 0.833 bits per heavy atom. The molecular formula is C25H26N2O2S.